The van der Waals surface area contributed by atoms with Crippen molar-refractivity contribution in [2.75, 3.05) is 25.5 Å². The number of hydrogen-bond acceptors (Lipinski definition) is 7. The van der Waals surface area contributed by atoms with Crippen LogP contribution in [0.1, 0.15) is 16.2 Å². The lowest BCUT2D eigenvalue weighted by Crippen LogP contribution is -2.29. The number of anilines is 1. The topological polar surface area (TPSA) is 107 Å². The minimum atomic E-state index is -0.196. The van der Waals surface area contributed by atoms with Gasteiger partial charge in [0.25, 0.3) is 5.91 Å². The number of carbonyl (C=O) groups excluding carboxylic acids is 1. The first-order chi connectivity index (χ1) is 12.7. The normalized spacial score (nSPS) is 10.4. The number of carbonyl (C=O) groups is 1. The molecule has 3 heterocycles. The van der Waals surface area contributed by atoms with Gasteiger partial charge in [0.05, 0.1) is 12.7 Å². The Bertz CT molecular complexity index is 863. The first-order valence-electron chi connectivity index (χ1n) is 8.03. The molecule has 0 fully saturated rings. The molecular formula is C17H19N7O2. The highest BCUT2D eigenvalue weighted by Gasteiger charge is 2.07. The maximum Gasteiger partial charge on any atom is 0.252 e. The zero-order chi connectivity index (χ0) is 18.4. The summed E-state index contributed by atoms with van der Waals surface area (Å²) in [5, 5.41) is 10.2. The predicted octanol–water partition coefficient (Wildman–Crippen LogP) is 1.22. The second kappa shape index (κ2) is 8.06. The molecule has 9 heteroatoms. The summed E-state index contributed by atoms with van der Waals surface area (Å²) in [5.74, 6) is 2.25. The molecule has 1 amide bonds. The molecule has 0 aliphatic carbocycles. The van der Waals surface area contributed by atoms with Crippen LogP contribution in [0.5, 0.6) is 5.88 Å². The van der Waals surface area contributed by atoms with Crippen LogP contribution in [0.3, 0.4) is 0 Å². The Kier molecular flexibility index (Phi) is 5.37. The number of amides is 1. The Balaban J connectivity index is 1.52. The van der Waals surface area contributed by atoms with E-state index in [2.05, 4.69) is 30.7 Å². The molecule has 0 bridgehead atoms. The SMILES string of the molecule is COc1ccc(C(=O)NCCNc2cc(-n3cccn3)nc(C)n2)cn1. The van der Waals surface area contributed by atoms with Gasteiger partial charge in [0, 0.05) is 43.8 Å². The number of rotatable bonds is 7. The number of aromatic nitrogens is 5. The maximum atomic E-state index is 12.1. The Morgan fingerprint density at radius 1 is 1.27 bits per heavy atom. The lowest BCUT2D eigenvalue weighted by Gasteiger charge is -2.09. The molecule has 3 aromatic rings. The van der Waals surface area contributed by atoms with Gasteiger partial charge >= 0.3 is 0 Å². The quantitative estimate of drug-likeness (QED) is 0.615. The van der Waals surface area contributed by atoms with Gasteiger partial charge in [0.2, 0.25) is 5.88 Å². The molecule has 0 atom stereocenters. The molecule has 0 saturated carbocycles. The van der Waals surface area contributed by atoms with Crippen LogP contribution in [-0.2, 0) is 0 Å². The lowest BCUT2D eigenvalue weighted by molar-refractivity contribution is 0.0954. The molecular weight excluding hydrogens is 334 g/mol. The predicted molar refractivity (Wildman–Crippen MR) is 95.5 cm³/mol. The summed E-state index contributed by atoms with van der Waals surface area (Å²) in [6, 6.07) is 6.94. The zero-order valence-corrected chi connectivity index (χ0v) is 14.5. The highest BCUT2D eigenvalue weighted by molar-refractivity contribution is 5.93. The van der Waals surface area contributed by atoms with Crippen molar-refractivity contribution < 1.29 is 9.53 Å². The molecule has 3 aromatic heterocycles. The zero-order valence-electron chi connectivity index (χ0n) is 14.5. The van der Waals surface area contributed by atoms with E-state index < -0.39 is 0 Å². The first-order valence-corrected chi connectivity index (χ1v) is 8.03. The maximum absolute atomic E-state index is 12.1. The van der Waals surface area contributed by atoms with Crippen molar-refractivity contribution in [1.29, 1.82) is 0 Å². The summed E-state index contributed by atoms with van der Waals surface area (Å²) in [6.45, 7) is 2.77. The van der Waals surface area contributed by atoms with Gasteiger partial charge in [0.15, 0.2) is 5.82 Å². The van der Waals surface area contributed by atoms with Crippen molar-refractivity contribution in [2.45, 2.75) is 6.92 Å². The van der Waals surface area contributed by atoms with E-state index in [1.165, 1.54) is 13.3 Å². The summed E-state index contributed by atoms with van der Waals surface area (Å²) in [6.07, 6.45) is 4.98. The summed E-state index contributed by atoms with van der Waals surface area (Å²) in [7, 11) is 1.53. The fourth-order valence-electron chi connectivity index (χ4n) is 2.27. The first kappa shape index (κ1) is 17.3. The third kappa shape index (κ3) is 4.32. The van der Waals surface area contributed by atoms with E-state index in [1.54, 1.807) is 29.1 Å². The van der Waals surface area contributed by atoms with Crippen LogP contribution in [0.25, 0.3) is 5.82 Å². The van der Waals surface area contributed by atoms with Gasteiger partial charge in [-0.2, -0.15) is 5.10 Å². The molecule has 0 aromatic carbocycles. The Labute approximate surface area is 150 Å². The summed E-state index contributed by atoms with van der Waals surface area (Å²) in [4.78, 5) is 24.8. The van der Waals surface area contributed by atoms with Gasteiger partial charge in [-0.3, -0.25) is 4.79 Å². The minimum absolute atomic E-state index is 0.196. The smallest absolute Gasteiger partial charge is 0.252 e. The number of pyridine rings is 1. The van der Waals surface area contributed by atoms with Gasteiger partial charge in [0.1, 0.15) is 11.6 Å². The molecule has 3 rings (SSSR count). The average Bonchev–Trinajstić information content (AvgIpc) is 3.19. The molecule has 0 radical (unpaired) electrons. The van der Waals surface area contributed by atoms with Crippen molar-refractivity contribution in [3.63, 3.8) is 0 Å². The van der Waals surface area contributed by atoms with Gasteiger partial charge in [-0.25, -0.2) is 19.6 Å². The van der Waals surface area contributed by atoms with Gasteiger partial charge in [-0.15, -0.1) is 0 Å². The average molecular weight is 353 g/mol. The van der Waals surface area contributed by atoms with Gasteiger partial charge < -0.3 is 15.4 Å². The highest BCUT2D eigenvalue weighted by atomic mass is 16.5. The van der Waals surface area contributed by atoms with Crippen LogP contribution >= 0.6 is 0 Å². The molecule has 134 valence electrons. The molecule has 0 saturated heterocycles. The van der Waals surface area contributed by atoms with Crippen molar-refractivity contribution in [1.82, 2.24) is 30.0 Å². The standard InChI is InChI=1S/C17H19N7O2/c1-12-22-14(10-15(23-12)24-9-3-6-21-24)18-7-8-19-17(25)13-4-5-16(26-2)20-11-13/h3-6,9-11H,7-8H2,1-2H3,(H,19,25)(H,18,22,23). The monoisotopic (exact) mass is 353 g/mol. The van der Waals surface area contributed by atoms with Crippen molar-refractivity contribution in [2.24, 2.45) is 0 Å². The van der Waals surface area contributed by atoms with E-state index in [1.807, 2.05) is 19.2 Å². The minimum Gasteiger partial charge on any atom is -0.481 e. The second-order valence-electron chi connectivity index (χ2n) is 5.38. The number of ether oxygens (including phenoxy) is 1. The van der Waals surface area contributed by atoms with Crippen molar-refractivity contribution in [3.05, 3.63) is 54.2 Å². The summed E-state index contributed by atoms with van der Waals surface area (Å²) in [5.41, 5.74) is 0.477. The van der Waals surface area contributed by atoms with Gasteiger partial charge in [-0.1, -0.05) is 0 Å². The van der Waals surface area contributed by atoms with Crippen LogP contribution in [0, 0.1) is 6.92 Å². The summed E-state index contributed by atoms with van der Waals surface area (Å²) >= 11 is 0. The number of hydrogen-bond donors (Lipinski definition) is 2. The van der Waals surface area contributed by atoms with Crippen LogP contribution in [0.4, 0.5) is 5.82 Å². The molecule has 0 aliphatic heterocycles. The number of methoxy groups -OCH3 is 1. The van der Waals surface area contributed by atoms with E-state index >= 15 is 0 Å². The Morgan fingerprint density at radius 2 is 2.15 bits per heavy atom. The molecule has 0 unspecified atom stereocenters. The molecule has 9 nitrogen and oxygen atoms in total. The Morgan fingerprint density at radius 3 is 2.85 bits per heavy atom. The van der Waals surface area contributed by atoms with Crippen LogP contribution < -0.4 is 15.4 Å². The lowest BCUT2D eigenvalue weighted by atomic mass is 10.2. The molecule has 26 heavy (non-hydrogen) atoms. The fourth-order valence-corrected chi connectivity index (χ4v) is 2.27. The molecule has 2 N–H and O–H groups in total. The third-order valence-electron chi connectivity index (χ3n) is 3.49. The number of aryl methyl sites for hydroxylation is 1. The van der Waals surface area contributed by atoms with Gasteiger partial charge in [-0.05, 0) is 19.1 Å². The molecule has 0 aliphatic rings. The summed E-state index contributed by atoms with van der Waals surface area (Å²) < 4.78 is 6.64. The second-order valence-corrected chi connectivity index (χ2v) is 5.38. The van der Waals surface area contributed by atoms with Crippen LogP contribution in [0.15, 0.2) is 42.9 Å². The van der Waals surface area contributed by atoms with E-state index in [9.17, 15) is 4.79 Å². The van der Waals surface area contributed by atoms with Crippen molar-refractivity contribution in [3.8, 4) is 11.7 Å². The molecule has 0 spiro atoms. The highest BCUT2D eigenvalue weighted by Crippen LogP contribution is 2.10. The van der Waals surface area contributed by atoms with E-state index in [4.69, 9.17) is 4.74 Å². The van der Waals surface area contributed by atoms with E-state index in [0.29, 0.717) is 42.0 Å². The fraction of sp³-hybridized carbons (Fsp3) is 0.235. The van der Waals surface area contributed by atoms with Crippen molar-refractivity contribution >= 4 is 11.7 Å². The largest absolute Gasteiger partial charge is 0.481 e. The number of nitrogens with one attached hydrogen (secondary N) is 2. The van der Waals surface area contributed by atoms with E-state index in [-0.39, 0.29) is 5.91 Å². The number of nitrogens with zero attached hydrogens (tertiary/aromatic N) is 5. The third-order valence-corrected chi connectivity index (χ3v) is 3.49. The van der Waals surface area contributed by atoms with Crippen LogP contribution in [0.2, 0.25) is 0 Å². The van der Waals surface area contributed by atoms with Crippen LogP contribution in [-0.4, -0.2) is 50.8 Å². The Hall–Kier alpha value is -3.49. The van der Waals surface area contributed by atoms with E-state index in [0.717, 1.165) is 0 Å².